The molecule has 1 N–H and O–H groups in total. The molecule has 2 heterocycles. The number of hydrogen-bond donors (Lipinski definition) is 1. The quantitative estimate of drug-likeness (QED) is 0.912. The van der Waals surface area contributed by atoms with Gasteiger partial charge in [-0.1, -0.05) is 39.8 Å². The van der Waals surface area contributed by atoms with Gasteiger partial charge in [-0.2, -0.15) is 4.98 Å². The molecule has 0 fully saturated rings. The topological polar surface area (TPSA) is 63.8 Å². The second-order valence-corrected chi connectivity index (χ2v) is 7.04. The van der Waals surface area contributed by atoms with Gasteiger partial charge in [0, 0.05) is 29.7 Å². The number of nitrogens with zero attached hydrogens (tertiary/aromatic N) is 3. The Kier molecular flexibility index (Phi) is 4.42. The van der Waals surface area contributed by atoms with E-state index in [1.165, 1.54) is 5.01 Å². The summed E-state index contributed by atoms with van der Waals surface area (Å²) in [5, 5.41) is 10.4. The highest BCUT2D eigenvalue weighted by atomic mass is 32.1. The average molecular weight is 294 g/mol. The van der Waals surface area contributed by atoms with Gasteiger partial charge in [-0.3, -0.25) is 0 Å². The van der Waals surface area contributed by atoms with Crippen LogP contribution in [0.4, 0.5) is 6.01 Å². The van der Waals surface area contributed by atoms with Crippen LogP contribution < -0.4 is 5.32 Å². The van der Waals surface area contributed by atoms with E-state index in [9.17, 15) is 0 Å². The van der Waals surface area contributed by atoms with Crippen LogP contribution >= 0.6 is 11.3 Å². The summed E-state index contributed by atoms with van der Waals surface area (Å²) in [6, 6.07) is 0.486. The van der Waals surface area contributed by atoms with Crippen molar-refractivity contribution in [2.24, 2.45) is 0 Å². The zero-order valence-corrected chi connectivity index (χ0v) is 13.5. The SMILES string of the molecule is CC(C)c1noc(NCCc2csc(C(C)(C)C)n2)n1. The Hall–Kier alpha value is -1.43. The molecule has 0 saturated carbocycles. The second-order valence-electron chi connectivity index (χ2n) is 6.18. The molecule has 110 valence electrons. The van der Waals surface area contributed by atoms with E-state index in [-0.39, 0.29) is 11.3 Å². The monoisotopic (exact) mass is 294 g/mol. The molecule has 0 aliphatic heterocycles. The Labute approximate surface area is 123 Å². The van der Waals surface area contributed by atoms with Crippen LogP contribution in [0.2, 0.25) is 0 Å². The Morgan fingerprint density at radius 2 is 2.05 bits per heavy atom. The van der Waals surface area contributed by atoms with Gasteiger partial charge in [0.2, 0.25) is 0 Å². The fraction of sp³-hybridized carbons (Fsp3) is 0.643. The standard InChI is InChI=1S/C14H22N4OS/c1-9(2)11-17-13(19-18-11)15-7-6-10-8-20-12(16-10)14(3,4)5/h8-9H,6-7H2,1-5H3,(H,15,17,18). The summed E-state index contributed by atoms with van der Waals surface area (Å²) in [6.07, 6.45) is 0.853. The number of aromatic nitrogens is 3. The minimum absolute atomic E-state index is 0.120. The summed E-state index contributed by atoms with van der Waals surface area (Å²) in [6.45, 7) is 11.4. The van der Waals surface area contributed by atoms with Gasteiger partial charge in [0.15, 0.2) is 5.82 Å². The van der Waals surface area contributed by atoms with Gasteiger partial charge in [-0.25, -0.2) is 4.98 Å². The fourth-order valence-corrected chi connectivity index (χ4v) is 2.55. The van der Waals surface area contributed by atoms with Gasteiger partial charge in [0.05, 0.1) is 10.7 Å². The van der Waals surface area contributed by atoms with Crippen LogP contribution in [0.15, 0.2) is 9.90 Å². The van der Waals surface area contributed by atoms with Crippen molar-refractivity contribution < 1.29 is 4.52 Å². The molecule has 0 spiro atoms. The van der Waals surface area contributed by atoms with E-state index in [2.05, 4.69) is 46.6 Å². The van der Waals surface area contributed by atoms with Gasteiger partial charge in [-0.15, -0.1) is 11.3 Å². The highest BCUT2D eigenvalue weighted by molar-refractivity contribution is 7.09. The highest BCUT2D eigenvalue weighted by Gasteiger charge is 2.17. The third-order valence-electron chi connectivity index (χ3n) is 2.81. The first-order valence-corrected chi connectivity index (χ1v) is 7.76. The van der Waals surface area contributed by atoms with Crippen LogP contribution in [0.5, 0.6) is 0 Å². The lowest BCUT2D eigenvalue weighted by molar-refractivity contribution is 0.419. The van der Waals surface area contributed by atoms with Crippen molar-refractivity contribution in [2.75, 3.05) is 11.9 Å². The van der Waals surface area contributed by atoms with Crippen molar-refractivity contribution in [1.29, 1.82) is 0 Å². The zero-order chi connectivity index (χ0) is 14.8. The maximum absolute atomic E-state index is 5.13. The summed E-state index contributed by atoms with van der Waals surface area (Å²) >= 11 is 1.72. The lowest BCUT2D eigenvalue weighted by Crippen LogP contribution is -2.11. The van der Waals surface area contributed by atoms with E-state index in [1.54, 1.807) is 11.3 Å². The van der Waals surface area contributed by atoms with Crippen molar-refractivity contribution in [3.63, 3.8) is 0 Å². The normalized spacial score (nSPS) is 12.1. The minimum Gasteiger partial charge on any atom is -0.337 e. The van der Waals surface area contributed by atoms with Crippen molar-refractivity contribution in [2.45, 2.75) is 52.4 Å². The number of anilines is 1. The smallest absolute Gasteiger partial charge is 0.321 e. The summed E-state index contributed by atoms with van der Waals surface area (Å²) < 4.78 is 5.13. The number of nitrogens with one attached hydrogen (secondary N) is 1. The van der Waals surface area contributed by atoms with E-state index >= 15 is 0 Å². The minimum atomic E-state index is 0.120. The number of rotatable bonds is 5. The lowest BCUT2D eigenvalue weighted by Gasteiger charge is -2.13. The van der Waals surface area contributed by atoms with Crippen molar-refractivity contribution in [3.8, 4) is 0 Å². The summed E-state index contributed by atoms with van der Waals surface area (Å²) in [5.74, 6) is 1.01. The molecule has 2 aromatic heterocycles. The molecule has 2 rings (SSSR count). The second kappa shape index (κ2) is 5.91. The number of thiazole rings is 1. The molecule has 2 aromatic rings. The van der Waals surface area contributed by atoms with Crippen molar-refractivity contribution >= 4 is 17.4 Å². The molecule has 0 bridgehead atoms. The van der Waals surface area contributed by atoms with Crippen LogP contribution in [-0.4, -0.2) is 21.7 Å². The number of hydrogen-bond acceptors (Lipinski definition) is 6. The van der Waals surface area contributed by atoms with E-state index in [0.717, 1.165) is 24.5 Å². The Morgan fingerprint density at radius 1 is 1.30 bits per heavy atom. The average Bonchev–Trinajstić information content (AvgIpc) is 2.96. The van der Waals surface area contributed by atoms with Crippen LogP contribution in [0.25, 0.3) is 0 Å². The van der Waals surface area contributed by atoms with E-state index < -0.39 is 0 Å². The summed E-state index contributed by atoms with van der Waals surface area (Å²) in [4.78, 5) is 8.94. The Balaban J connectivity index is 1.85. The van der Waals surface area contributed by atoms with Gasteiger partial charge in [-0.05, 0) is 0 Å². The predicted octanol–water partition coefficient (Wildman–Crippen LogP) is 3.60. The maximum atomic E-state index is 5.13. The molecule has 0 radical (unpaired) electrons. The molecule has 0 aliphatic carbocycles. The van der Waals surface area contributed by atoms with Crippen LogP contribution in [-0.2, 0) is 11.8 Å². The molecule has 0 aliphatic rings. The predicted molar refractivity (Wildman–Crippen MR) is 81.4 cm³/mol. The summed E-state index contributed by atoms with van der Waals surface area (Å²) in [7, 11) is 0. The van der Waals surface area contributed by atoms with Crippen molar-refractivity contribution in [1.82, 2.24) is 15.1 Å². The summed E-state index contributed by atoms with van der Waals surface area (Å²) in [5.41, 5.74) is 1.23. The van der Waals surface area contributed by atoms with Gasteiger partial charge in [0.1, 0.15) is 0 Å². The molecular formula is C14H22N4OS. The van der Waals surface area contributed by atoms with E-state index in [4.69, 9.17) is 4.52 Å². The van der Waals surface area contributed by atoms with Crippen LogP contribution in [0, 0.1) is 0 Å². The molecule has 0 saturated heterocycles. The third-order valence-corrected chi connectivity index (χ3v) is 4.13. The molecular weight excluding hydrogens is 272 g/mol. The van der Waals surface area contributed by atoms with E-state index in [1.807, 2.05) is 13.8 Å². The van der Waals surface area contributed by atoms with E-state index in [0.29, 0.717) is 6.01 Å². The molecule has 0 amide bonds. The molecule has 6 heteroatoms. The molecule has 0 unspecified atom stereocenters. The Morgan fingerprint density at radius 3 is 2.60 bits per heavy atom. The highest BCUT2D eigenvalue weighted by Crippen LogP contribution is 2.25. The first kappa shape index (κ1) is 15.0. The molecule has 0 aromatic carbocycles. The fourth-order valence-electron chi connectivity index (χ4n) is 1.60. The van der Waals surface area contributed by atoms with Crippen molar-refractivity contribution in [3.05, 3.63) is 21.9 Å². The molecule has 0 atom stereocenters. The maximum Gasteiger partial charge on any atom is 0.321 e. The Bertz CT molecular complexity index is 554. The molecule has 5 nitrogen and oxygen atoms in total. The van der Waals surface area contributed by atoms with Gasteiger partial charge in [0.25, 0.3) is 0 Å². The van der Waals surface area contributed by atoms with Crippen LogP contribution in [0.1, 0.15) is 57.1 Å². The van der Waals surface area contributed by atoms with Gasteiger partial charge < -0.3 is 9.84 Å². The third kappa shape index (κ3) is 3.79. The lowest BCUT2D eigenvalue weighted by atomic mass is 9.98. The van der Waals surface area contributed by atoms with Gasteiger partial charge >= 0.3 is 6.01 Å². The van der Waals surface area contributed by atoms with Crippen LogP contribution in [0.3, 0.4) is 0 Å². The molecule has 20 heavy (non-hydrogen) atoms. The first-order valence-electron chi connectivity index (χ1n) is 6.88. The largest absolute Gasteiger partial charge is 0.337 e. The zero-order valence-electron chi connectivity index (χ0n) is 12.7. The first-order chi connectivity index (χ1) is 9.36.